The number of fused-ring (bicyclic) bond motifs is 1. The molecule has 3 aromatic rings. The Morgan fingerprint density at radius 3 is 2.68 bits per heavy atom. The van der Waals surface area contributed by atoms with Crippen molar-refractivity contribution in [3.63, 3.8) is 0 Å². The minimum absolute atomic E-state index is 0.0476. The summed E-state index contributed by atoms with van der Waals surface area (Å²) in [7, 11) is 0. The van der Waals surface area contributed by atoms with Crippen molar-refractivity contribution in [3.05, 3.63) is 56.4 Å². The molecule has 0 spiro atoms. The molecule has 28 heavy (non-hydrogen) atoms. The number of rotatable bonds is 7. The van der Waals surface area contributed by atoms with E-state index in [4.69, 9.17) is 0 Å². The van der Waals surface area contributed by atoms with Gasteiger partial charge in [0.25, 0.3) is 5.56 Å². The molecule has 5 nitrogen and oxygen atoms in total. The van der Waals surface area contributed by atoms with E-state index in [1.54, 1.807) is 16.7 Å². The molecule has 0 unspecified atom stereocenters. The van der Waals surface area contributed by atoms with Gasteiger partial charge in [0, 0.05) is 18.0 Å². The number of thiophene rings is 1. The third-order valence-electron chi connectivity index (χ3n) is 4.55. The normalized spacial score (nSPS) is 11.1. The minimum Gasteiger partial charge on any atom is -0.355 e. The first-order valence-electron chi connectivity index (χ1n) is 9.05. The van der Waals surface area contributed by atoms with E-state index in [-0.39, 0.29) is 23.0 Å². The highest BCUT2D eigenvalue weighted by Gasteiger charge is 2.16. The summed E-state index contributed by atoms with van der Waals surface area (Å²) in [5.41, 5.74) is 1.90. The highest BCUT2D eigenvalue weighted by Crippen LogP contribution is 2.28. The first-order chi connectivity index (χ1) is 13.4. The van der Waals surface area contributed by atoms with E-state index in [1.165, 1.54) is 35.2 Å². The molecule has 8 heteroatoms. The quantitative estimate of drug-likeness (QED) is 0.469. The van der Waals surface area contributed by atoms with E-state index >= 15 is 0 Å². The summed E-state index contributed by atoms with van der Waals surface area (Å²) in [6, 6.07) is 6.24. The first-order valence-corrected chi connectivity index (χ1v) is 10.9. The maximum absolute atomic E-state index is 12.9. The SMILES string of the molecule is CCn1c(SCC(=O)NCCc2ccc(F)cc2)nc2sc(C)c(C)c2c1=O. The molecule has 0 aliphatic rings. The number of thioether (sulfide) groups is 1. The van der Waals surface area contributed by atoms with Gasteiger partial charge in [-0.15, -0.1) is 11.3 Å². The van der Waals surface area contributed by atoms with Gasteiger partial charge in [-0.3, -0.25) is 14.2 Å². The minimum atomic E-state index is -0.272. The Balaban J connectivity index is 1.63. The van der Waals surface area contributed by atoms with Gasteiger partial charge in [0.2, 0.25) is 5.91 Å². The fourth-order valence-corrected chi connectivity index (χ4v) is 4.84. The lowest BCUT2D eigenvalue weighted by Crippen LogP contribution is -2.28. The van der Waals surface area contributed by atoms with Gasteiger partial charge in [0.1, 0.15) is 10.6 Å². The number of carbonyl (C=O) groups excluding carboxylic acids is 1. The van der Waals surface area contributed by atoms with Crippen molar-refractivity contribution in [3.8, 4) is 0 Å². The summed E-state index contributed by atoms with van der Waals surface area (Å²) in [4.78, 5) is 31.4. The van der Waals surface area contributed by atoms with Crippen molar-refractivity contribution in [2.24, 2.45) is 0 Å². The molecule has 0 saturated carbocycles. The maximum Gasteiger partial charge on any atom is 0.263 e. The lowest BCUT2D eigenvalue weighted by Gasteiger charge is -2.10. The van der Waals surface area contributed by atoms with E-state index in [0.29, 0.717) is 30.1 Å². The van der Waals surface area contributed by atoms with Gasteiger partial charge >= 0.3 is 0 Å². The summed E-state index contributed by atoms with van der Waals surface area (Å²) in [5.74, 6) is -0.209. The van der Waals surface area contributed by atoms with Gasteiger partial charge in [0.15, 0.2) is 5.16 Å². The number of hydrogen-bond acceptors (Lipinski definition) is 5. The Morgan fingerprint density at radius 1 is 1.29 bits per heavy atom. The van der Waals surface area contributed by atoms with Crippen LogP contribution >= 0.6 is 23.1 Å². The smallest absolute Gasteiger partial charge is 0.263 e. The molecule has 0 bridgehead atoms. The number of nitrogens with one attached hydrogen (secondary N) is 1. The Hall–Kier alpha value is -2.19. The largest absolute Gasteiger partial charge is 0.355 e. The Labute approximate surface area is 171 Å². The van der Waals surface area contributed by atoms with E-state index < -0.39 is 0 Å². The summed E-state index contributed by atoms with van der Waals surface area (Å²) < 4.78 is 14.5. The van der Waals surface area contributed by atoms with Crippen LogP contribution in [-0.4, -0.2) is 27.8 Å². The molecule has 0 fully saturated rings. The molecule has 0 aliphatic carbocycles. The van der Waals surface area contributed by atoms with Crippen LogP contribution in [0.1, 0.15) is 22.9 Å². The third kappa shape index (κ3) is 4.44. The van der Waals surface area contributed by atoms with Crippen LogP contribution in [0.2, 0.25) is 0 Å². The number of aromatic nitrogens is 2. The van der Waals surface area contributed by atoms with Crippen LogP contribution in [0.4, 0.5) is 4.39 Å². The van der Waals surface area contributed by atoms with Crippen molar-refractivity contribution < 1.29 is 9.18 Å². The molecule has 0 radical (unpaired) electrons. The van der Waals surface area contributed by atoms with Crippen molar-refractivity contribution in [2.75, 3.05) is 12.3 Å². The van der Waals surface area contributed by atoms with Gasteiger partial charge < -0.3 is 5.32 Å². The summed E-state index contributed by atoms with van der Waals surface area (Å²) in [6.45, 7) is 6.81. The predicted octanol–water partition coefficient (Wildman–Crippen LogP) is 3.68. The van der Waals surface area contributed by atoms with Crippen LogP contribution in [0.25, 0.3) is 10.2 Å². The zero-order chi connectivity index (χ0) is 20.3. The monoisotopic (exact) mass is 419 g/mol. The Morgan fingerprint density at radius 2 is 2.00 bits per heavy atom. The lowest BCUT2D eigenvalue weighted by molar-refractivity contribution is -0.118. The van der Waals surface area contributed by atoms with E-state index in [1.807, 2.05) is 20.8 Å². The number of amides is 1. The number of aryl methyl sites for hydroxylation is 2. The molecule has 3 rings (SSSR count). The lowest BCUT2D eigenvalue weighted by atomic mass is 10.1. The summed E-state index contributed by atoms with van der Waals surface area (Å²) in [5, 5.41) is 4.10. The fourth-order valence-electron chi connectivity index (χ4n) is 2.88. The molecule has 2 heterocycles. The van der Waals surface area contributed by atoms with Crippen molar-refractivity contribution in [1.82, 2.24) is 14.9 Å². The van der Waals surface area contributed by atoms with Gasteiger partial charge in [0.05, 0.1) is 11.1 Å². The topological polar surface area (TPSA) is 64.0 Å². The molecular formula is C20H22FN3O2S2. The van der Waals surface area contributed by atoms with E-state index in [0.717, 1.165) is 20.8 Å². The number of carbonyl (C=O) groups is 1. The second kappa shape index (κ2) is 8.87. The van der Waals surface area contributed by atoms with E-state index in [2.05, 4.69) is 10.3 Å². The van der Waals surface area contributed by atoms with E-state index in [9.17, 15) is 14.0 Å². The second-order valence-electron chi connectivity index (χ2n) is 6.42. The zero-order valence-electron chi connectivity index (χ0n) is 16.0. The van der Waals surface area contributed by atoms with Crippen LogP contribution < -0.4 is 10.9 Å². The molecule has 0 saturated heterocycles. The van der Waals surface area contributed by atoms with Gasteiger partial charge in [-0.05, 0) is 50.5 Å². The molecule has 1 amide bonds. The molecular weight excluding hydrogens is 397 g/mol. The Kier molecular flexibility index (Phi) is 6.51. The highest BCUT2D eigenvalue weighted by molar-refractivity contribution is 7.99. The fraction of sp³-hybridized carbons (Fsp3) is 0.350. The average Bonchev–Trinajstić information content (AvgIpc) is 2.96. The van der Waals surface area contributed by atoms with Crippen molar-refractivity contribution in [1.29, 1.82) is 0 Å². The highest BCUT2D eigenvalue weighted by atomic mass is 32.2. The molecule has 0 aliphatic heterocycles. The predicted molar refractivity (Wildman–Crippen MR) is 113 cm³/mol. The van der Waals surface area contributed by atoms with Crippen LogP contribution in [0.3, 0.4) is 0 Å². The number of halogens is 1. The molecule has 0 atom stereocenters. The van der Waals surface area contributed by atoms with Gasteiger partial charge in [-0.2, -0.15) is 0 Å². The molecule has 148 valence electrons. The number of hydrogen-bond donors (Lipinski definition) is 1. The zero-order valence-corrected chi connectivity index (χ0v) is 17.7. The average molecular weight is 420 g/mol. The standard InChI is InChI=1S/C20H22FN3O2S2/c1-4-24-19(26)17-12(2)13(3)28-18(17)23-20(24)27-11-16(25)22-10-9-14-5-7-15(21)8-6-14/h5-8H,4,9-11H2,1-3H3,(H,22,25). The first kappa shape index (κ1) is 20.5. The molecule has 1 N–H and O–H groups in total. The second-order valence-corrected chi connectivity index (χ2v) is 8.57. The number of nitrogens with zero attached hydrogens (tertiary/aromatic N) is 2. The van der Waals surface area contributed by atoms with Crippen molar-refractivity contribution >= 4 is 39.2 Å². The molecule has 2 aromatic heterocycles. The third-order valence-corrected chi connectivity index (χ3v) is 6.63. The van der Waals surface area contributed by atoms with Crippen LogP contribution in [0.15, 0.2) is 34.2 Å². The van der Waals surface area contributed by atoms with Gasteiger partial charge in [-0.1, -0.05) is 23.9 Å². The Bertz CT molecular complexity index is 1060. The maximum atomic E-state index is 12.9. The van der Waals surface area contributed by atoms with Crippen LogP contribution in [0, 0.1) is 19.7 Å². The molecule has 1 aromatic carbocycles. The van der Waals surface area contributed by atoms with Crippen LogP contribution in [0.5, 0.6) is 0 Å². The summed E-state index contributed by atoms with van der Waals surface area (Å²) >= 11 is 2.78. The van der Waals surface area contributed by atoms with Gasteiger partial charge in [-0.25, -0.2) is 9.37 Å². The number of benzene rings is 1. The summed E-state index contributed by atoms with van der Waals surface area (Å²) in [6.07, 6.45) is 0.633. The van der Waals surface area contributed by atoms with Crippen molar-refractivity contribution in [2.45, 2.75) is 38.9 Å². The van der Waals surface area contributed by atoms with Crippen LogP contribution in [-0.2, 0) is 17.8 Å².